The first-order valence-electron chi connectivity index (χ1n) is 0.686. The van der Waals surface area contributed by atoms with E-state index < -0.39 is 0 Å². The third-order valence-corrected chi connectivity index (χ3v) is 0. The van der Waals surface area contributed by atoms with Crippen LogP contribution in [0.25, 0.3) is 0 Å². The molecule has 7 nitrogen and oxygen atoms in total. The molecule has 0 bridgehead atoms. The van der Waals surface area contributed by atoms with Crippen LogP contribution in [0.4, 0.5) is 0 Å². The summed E-state index contributed by atoms with van der Waals surface area (Å²) in [5.74, 6) is 0. The zero-order valence-corrected chi connectivity index (χ0v) is 8.02. The van der Waals surface area contributed by atoms with Crippen LogP contribution in [0.5, 0.6) is 0 Å². The topological polar surface area (TPSA) is 209 Å². The fraction of sp³-hybridized carbons (Fsp3) is 1.00. The van der Waals surface area contributed by atoms with Crippen LogP contribution in [0.15, 0.2) is 0 Å². The van der Waals surface area contributed by atoms with Gasteiger partial charge in [0.25, 0.3) is 0 Å². The summed E-state index contributed by atoms with van der Waals surface area (Å²) in [7, 11) is 10.4. The van der Waals surface area contributed by atoms with E-state index in [2.05, 4.69) is 0 Å². The molecule has 0 fully saturated rings. The molecule has 0 radical (unpaired) electrons. The van der Waals surface area contributed by atoms with E-state index in [1.807, 2.05) is 0 Å². The molecule has 0 amide bonds. The van der Waals surface area contributed by atoms with Crippen LogP contribution >= 0.6 is 20.4 Å². The van der Waals surface area contributed by atoms with Crippen molar-refractivity contribution in [2.75, 3.05) is 7.11 Å². The molecule has 0 saturated carbocycles. The second-order valence-electron chi connectivity index (χ2n) is 0.0452. The van der Waals surface area contributed by atoms with Gasteiger partial charge in [0.15, 0.2) is 0 Å². The molecule has 0 aromatic carbocycles. The van der Waals surface area contributed by atoms with Gasteiger partial charge in [-0.05, 0) is 0 Å². The molecule has 86 valence electrons. The second kappa shape index (κ2) is 322. The maximum atomic E-state index is 7.00. The summed E-state index contributed by atoms with van der Waals surface area (Å²) in [4.78, 5) is 0. The van der Waals surface area contributed by atoms with Crippen molar-refractivity contribution >= 4 is 20.4 Å². The van der Waals surface area contributed by atoms with Gasteiger partial charge in [0.05, 0.1) is 0 Å². The van der Waals surface area contributed by atoms with Crippen LogP contribution < -0.4 is 0 Å². The van der Waals surface area contributed by atoms with Crippen molar-refractivity contribution in [2.24, 2.45) is 0 Å². The van der Waals surface area contributed by atoms with Crippen molar-refractivity contribution in [3.8, 4) is 0 Å². The normalized spacial score (nSPS) is 2.55. The van der Waals surface area contributed by atoms with Gasteiger partial charge in [-0.1, -0.05) is 0 Å². The predicted molar refractivity (Wildman–Crippen MR) is 41.5 cm³/mol. The minimum atomic E-state index is 0. The van der Waals surface area contributed by atoms with Crippen LogP contribution in [0, 0.1) is 0 Å². The molecule has 11 heavy (non-hydrogen) atoms. The average molecular weight is 270 g/mol. The molecule has 0 aromatic heterocycles. The van der Waals surface area contributed by atoms with Crippen LogP contribution in [0.3, 0.4) is 0 Å². The molecule has 0 atom stereocenters. The van der Waals surface area contributed by atoms with Crippen molar-refractivity contribution < 1.29 is 50.6 Å². The van der Waals surface area contributed by atoms with E-state index in [1.54, 1.807) is 0 Å². The standard InChI is InChI=1S/CH4O.2ClH.Ni.6H2O/c1-2;;;;;;;;;/h2H,1H3;2*1H;;6*1H2/q;;;+2;;;;;;/p-2. The second-order valence-corrected chi connectivity index (χ2v) is 1.68. The van der Waals surface area contributed by atoms with Gasteiger partial charge < -0.3 is 38.0 Å². The summed E-state index contributed by atoms with van der Waals surface area (Å²) in [6, 6.07) is 0. The molecule has 0 aromatic rings. The SMILES string of the molecule is CO.O.O.O.O.O.O.[Cl][Ni][Cl]. The Kier molecular flexibility index (Phi) is 2790. The number of aliphatic hydroxyl groups is 1. The number of halogens is 2. The Labute approximate surface area is 78.5 Å². The molecule has 0 saturated heterocycles. The minimum absolute atomic E-state index is 0. The Morgan fingerprint density at radius 2 is 0.727 bits per heavy atom. The average Bonchev–Trinajstić information content (AvgIpc) is 1.46. The zero-order valence-electron chi connectivity index (χ0n) is 5.52. The first kappa shape index (κ1) is 95.5. The van der Waals surface area contributed by atoms with Crippen molar-refractivity contribution in [2.45, 2.75) is 0 Å². The molecular formula is CH16Cl2NiO7. The van der Waals surface area contributed by atoms with Crippen molar-refractivity contribution in [1.82, 2.24) is 0 Å². The van der Waals surface area contributed by atoms with Crippen LogP contribution in [0.1, 0.15) is 0 Å². The fourth-order valence-corrected chi connectivity index (χ4v) is 0. The number of hydrogen-bond donors (Lipinski definition) is 1. The van der Waals surface area contributed by atoms with Crippen LogP contribution in [0.2, 0.25) is 0 Å². The predicted octanol–water partition coefficient (Wildman–Crippen LogP) is -3.96. The molecule has 0 rings (SSSR count). The Morgan fingerprint density at radius 1 is 0.727 bits per heavy atom. The number of hydrogen-bond acceptors (Lipinski definition) is 1. The van der Waals surface area contributed by atoms with Gasteiger partial charge in [0.1, 0.15) is 0 Å². The quantitative estimate of drug-likeness (QED) is 0.428. The molecule has 10 heteroatoms. The monoisotopic (exact) mass is 268 g/mol. The van der Waals surface area contributed by atoms with E-state index in [1.165, 1.54) is 0 Å². The fourth-order valence-electron chi connectivity index (χ4n) is 0. The van der Waals surface area contributed by atoms with Gasteiger partial charge in [-0.25, -0.2) is 0 Å². The Balaban J connectivity index is -0.00000000181. The summed E-state index contributed by atoms with van der Waals surface area (Å²) in [5, 5.41) is 7.00. The van der Waals surface area contributed by atoms with E-state index in [4.69, 9.17) is 25.5 Å². The van der Waals surface area contributed by atoms with Gasteiger partial charge in [-0.2, -0.15) is 0 Å². The Morgan fingerprint density at radius 3 is 0.727 bits per heavy atom. The first-order valence-corrected chi connectivity index (χ1v) is 3.40. The Hall–Kier alpha value is 0.794. The van der Waals surface area contributed by atoms with Gasteiger partial charge in [-0.15, -0.1) is 0 Å². The first-order chi connectivity index (χ1) is 2.41. The van der Waals surface area contributed by atoms with Crippen molar-refractivity contribution in [3.63, 3.8) is 0 Å². The summed E-state index contributed by atoms with van der Waals surface area (Å²) >= 11 is 0.569. The third kappa shape index (κ3) is 1330. The summed E-state index contributed by atoms with van der Waals surface area (Å²) in [5.41, 5.74) is 0. The van der Waals surface area contributed by atoms with Crippen LogP contribution in [-0.2, 0) is 12.7 Å². The van der Waals surface area contributed by atoms with Crippen LogP contribution in [-0.4, -0.2) is 45.1 Å². The maximum absolute atomic E-state index is 7.00. The van der Waals surface area contributed by atoms with E-state index in [0.717, 1.165) is 7.11 Å². The molecule has 0 aliphatic carbocycles. The van der Waals surface area contributed by atoms with Gasteiger partial charge in [-0.3, -0.25) is 0 Å². The molecule has 0 unspecified atom stereocenters. The number of aliphatic hydroxyl groups excluding tert-OH is 1. The molecule has 0 spiro atoms. The van der Waals surface area contributed by atoms with E-state index in [9.17, 15) is 0 Å². The molecular weight excluding hydrogens is 254 g/mol. The van der Waals surface area contributed by atoms with Gasteiger partial charge in [0.2, 0.25) is 0 Å². The van der Waals surface area contributed by atoms with Gasteiger partial charge >= 0.3 is 33.0 Å². The molecule has 0 heterocycles. The molecule has 0 aliphatic heterocycles. The third-order valence-electron chi connectivity index (χ3n) is 0. The summed E-state index contributed by atoms with van der Waals surface area (Å²) in [6.45, 7) is 0. The molecule has 13 N–H and O–H groups in total. The summed E-state index contributed by atoms with van der Waals surface area (Å²) in [6.07, 6.45) is 0. The molecule has 0 aliphatic rings. The van der Waals surface area contributed by atoms with E-state index in [-0.39, 0.29) is 32.9 Å². The van der Waals surface area contributed by atoms with E-state index >= 15 is 0 Å². The number of rotatable bonds is 0. The summed E-state index contributed by atoms with van der Waals surface area (Å²) < 4.78 is 0. The zero-order chi connectivity index (χ0) is 4.71. The van der Waals surface area contributed by atoms with Crippen molar-refractivity contribution in [3.05, 3.63) is 0 Å². The Bertz CT molecular complexity index is 16.4. The van der Waals surface area contributed by atoms with E-state index in [0.29, 0.717) is 12.7 Å². The van der Waals surface area contributed by atoms with Crippen molar-refractivity contribution in [1.29, 1.82) is 0 Å². The van der Waals surface area contributed by atoms with Gasteiger partial charge in [0, 0.05) is 7.11 Å².